The molecule has 1 N–H and O–H groups in total. The number of hydrogen-bond donors (Lipinski definition) is 1. The van der Waals surface area contributed by atoms with Crippen molar-refractivity contribution >= 4 is 17.7 Å². The van der Waals surface area contributed by atoms with E-state index < -0.39 is 0 Å². The monoisotopic (exact) mass is 247 g/mol. The summed E-state index contributed by atoms with van der Waals surface area (Å²) in [6, 6.07) is 6.49. The molecule has 1 aromatic rings. The molecular formula is C13H17N3O2. The molecule has 0 bridgehead atoms. The molecule has 0 aliphatic rings. The average Bonchev–Trinajstić information content (AvgIpc) is 2.35. The van der Waals surface area contributed by atoms with Crippen LogP contribution in [0.1, 0.15) is 16.8 Å². The number of isocyanates is 1. The van der Waals surface area contributed by atoms with E-state index in [0.29, 0.717) is 17.8 Å². The molecule has 0 saturated heterocycles. The molecule has 18 heavy (non-hydrogen) atoms. The second-order valence-corrected chi connectivity index (χ2v) is 4.16. The van der Waals surface area contributed by atoms with Crippen molar-refractivity contribution in [1.82, 2.24) is 10.2 Å². The molecule has 0 spiro atoms. The molecule has 0 fully saturated rings. The summed E-state index contributed by atoms with van der Waals surface area (Å²) in [6.45, 7) is 1.58. The van der Waals surface area contributed by atoms with E-state index in [1.165, 1.54) is 6.08 Å². The van der Waals surface area contributed by atoms with Gasteiger partial charge in [0.25, 0.3) is 5.91 Å². The van der Waals surface area contributed by atoms with Gasteiger partial charge in [-0.25, -0.2) is 4.79 Å². The lowest BCUT2D eigenvalue weighted by molar-refractivity contribution is 0.0952. The number of nitrogens with zero attached hydrogens (tertiary/aromatic N) is 2. The van der Waals surface area contributed by atoms with Gasteiger partial charge in [0.05, 0.1) is 5.69 Å². The molecule has 1 aromatic carbocycles. The highest BCUT2D eigenvalue weighted by Crippen LogP contribution is 2.11. The van der Waals surface area contributed by atoms with E-state index >= 15 is 0 Å². The van der Waals surface area contributed by atoms with Gasteiger partial charge in [-0.15, -0.1) is 0 Å². The van der Waals surface area contributed by atoms with E-state index in [9.17, 15) is 9.59 Å². The SMILES string of the molecule is CN(C)CCCNC(=O)c1ccc(N=C=O)cc1. The van der Waals surface area contributed by atoms with Crippen LogP contribution in [0.25, 0.3) is 0 Å². The maximum Gasteiger partial charge on any atom is 0.251 e. The van der Waals surface area contributed by atoms with Crippen molar-refractivity contribution in [3.63, 3.8) is 0 Å². The van der Waals surface area contributed by atoms with Gasteiger partial charge in [0.2, 0.25) is 6.08 Å². The van der Waals surface area contributed by atoms with Crippen LogP contribution < -0.4 is 5.32 Å². The summed E-state index contributed by atoms with van der Waals surface area (Å²) in [5.74, 6) is -0.115. The Labute approximate surface area is 107 Å². The maximum atomic E-state index is 11.7. The van der Waals surface area contributed by atoms with E-state index in [1.54, 1.807) is 24.3 Å². The number of amides is 1. The number of benzene rings is 1. The summed E-state index contributed by atoms with van der Waals surface area (Å²) in [4.78, 5) is 27.3. The van der Waals surface area contributed by atoms with Gasteiger partial charge < -0.3 is 10.2 Å². The Morgan fingerprint density at radius 2 is 2.00 bits per heavy atom. The van der Waals surface area contributed by atoms with Crippen molar-refractivity contribution in [3.8, 4) is 0 Å². The lowest BCUT2D eigenvalue weighted by Gasteiger charge is -2.09. The van der Waals surface area contributed by atoms with Crippen molar-refractivity contribution in [3.05, 3.63) is 29.8 Å². The zero-order valence-electron chi connectivity index (χ0n) is 10.6. The number of hydrogen-bond acceptors (Lipinski definition) is 4. The van der Waals surface area contributed by atoms with E-state index in [4.69, 9.17) is 0 Å². The van der Waals surface area contributed by atoms with E-state index in [1.807, 2.05) is 14.1 Å². The highest BCUT2D eigenvalue weighted by molar-refractivity contribution is 5.94. The number of nitrogens with one attached hydrogen (secondary N) is 1. The van der Waals surface area contributed by atoms with Crippen LogP contribution in [0.3, 0.4) is 0 Å². The second kappa shape index (κ2) is 7.37. The molecule has 0 aliphatic carbocycles. The fourth-order valence-electron chi connectivity index (χ4n) is 1.44. The average molecular weight is 247 g/mol. The largest absolute Gasteiger partial charge is 0.352 e. The Morgan fingerprint density at radius 3 is 2.56 bits per heavy atom. The summed E-state index contributed by atoms with van der Waals surface area (Å²) < 4.78 is 0. The lowest BCUT2D eigenvalue weighted by atomic mass is 10.2. The molecular weight excluding hydrogens is 230 g/mol. The van der Waals surface area contributed by atoms with Crippen LogP contribution in [0.2, 0.25) is 0 Å². The standard InChI is InChI=1S/C13H17N3O2/c1-16(2)9-3-8-14-13(18)11-4-6-12(7-5-11)15-10-17/h4-7H,3,8-9H2,1-2H3,(H,14,18). The first-order valence-electron chi connectivity index (χ1n) is 5.74. The summed E-state index contributed by atoms with van der Waals surface area (Å²) in [6.07, 6.45) is 2.36. The highest BCUT2D eigenvalue weighted by atomic mass is 16.1. The molecule has 1 rings (SSSR count). The van der Waals surface area contributed by atoms with Crippen molar-refractivity contribution in [2.45, 2.75) is 6.42 Å². The minimum Gasteiger partial charge on any atom is -0.352 e. The van der Waals surface area contributed by atoms with Gasteiger partial charge in [-0.1, -0.05) is 0 Å². The fourth-order valence-corrected chi connectivity index (χ4v) is 1.44. The molecule has 0 radical (unpaired) electrons. The van der Waals surface area contributed by atoms with Crippen LogP contribution in [0.15, 0.2) is 29.3 Å². The molecule has 0 saturated carbocycles. The Morgan fingerprint density at radius 1 is 1.33 bits per heavy atom. The van der Waals surface area contributed by atoms with Crippen molar-refractivity contribution < 1.29 is 9.59 Å². The van der Waals surface area contributed by atoms with Gasteiger partial charge in [-0.05, 0) is 51.3 Å². The molecule has 0 aliphatic heterocycles. The topological polar surface area (TPSA) is 61.8 Å². The molecule has 1 amide bonds. The van der Waals surface area contributed by atoms with Crippen LogP contribution in [0.5, 0.6) is 0 Å². The molecule has 96 valence electrons. The van der Waals surface area contributed by atoms with Gasteiger partial charge in [-0.3, -0.25) is 4.79 Å². The van der Waals surface area contributed by atoms with Crippen LogP contribution >= 0.6 is 0 Å². The molecule has 0 heterocycles. The summed E-state index contributed by atoms with van der Waals surface area (Å²) in [5.41, 5.74) is 1.05. The van der Waals surface area contributed by atoms with Crippen LogP contribution in [-0.4, -0.2) is 44.1 Å². The van der Waals surface area contributed by atoms with Crippen LogP contribution in [0, 0.1) is 0 Å². The third kappa shape index (κ3) is 4.91. The Balaban J connectivity index is 2.44. The van der Waals surface area contributed by atoms with Crippen molar-refractivity contribution in [2.75, 3.05) is 27.2 Å². The summed E-state index contributed by atoms with van der Waals surface area (Å²) >= 11 is 0. The van der Waals surface area contributed by atoms with Crippen molar-refractivity contribution in [2.24, 2.45) is 4.99 Å². The van der Waals surface area contributed by atoms with Crippen LogP contribution in [-0.2, 0) is 4.79 Å². The van der Waals surface area contributed by atoms with E-state index in [2.05, 4.69) is 15.2 Å². The Bertz CT molecular complexity index is 434. The maximum absolute atomic E-state index is 11.7. The Hall–Kier alpha value is -1.97. The van der Waals surface area contributed by atoms with Crippen molar-refractivity contribution in [1.29, 1.82) is 0 Å². The first-order valence-corrected chi connectivity index (χ1v) is 5.74. The minimum absolute atomic E-state index is 0.115. The van der Waals surface area contributed by atoms with E-state index in [0.717, 1.165) is 13.0 Å². The number of rotatable bonds is 6. The summed E-state index contributed by atoms with van der Waals surface area (Å²) in [7, 11) is 3.99. The van der Waals surface area contributed by atoms with Crippen LogP contribution in [0.4, 0.5) is 5.69 Å². The zero-order chi connectivity index (χ0) is 13.4. The van der Waals surface area contributed by atoms with Gasteiger partial charge >= 0.3 is 0 Å². The predicted molar refractivity (Wildman–Crippen MR) is 69.7 cm³/mol. The Kier molecular flexibility index (Phi) is 5.77. The second-order valence-electron chi connectivity index (χ2n) is 4.16. The highest BCUT2D eigenvalue weighted by Gasteiger charge is 2.04. The quantitative estimate of drug-likeness (QED) is 0.468. The third-order valence-corrected chi connectivity index (χ3v) is 2.37. The summed E-state index contributed by atoms with van der Waals surface area (Å²) in [5, 5.41) is 2.83. The lowest BCUT2D eigenvalue weighted by Crippen LogP contribution is -2.27. The van der Waals surface area contributed by atoms with Gasteiger partial charge in [0, 0.05) is 12.1 Å². The third-order valence-electron chi connectivity index (χ3n) is 2.37. The molecule has 0 aromatic heterocycles. The number of carbonyl (C=O) groups excluding carboxylic acids is 2. The van der Waals surface area contributed by atoms with E-state index in [-0.39, 0.29) is 5.91 Å². The smallest absolute Gasteiger partial charge is 0.251 e. The van der Waals surface area contributed by atoms with Gasteiger partial charge in [0.1, 0.15) is 0 Å². The van der Waals surface area contributed by atoms with Gasteiger partial charge in [0.15, 0.2) is 0 Å². The fraction of sp³-hybridized carbons (Fsp3) is 0.385. The molecule has 0 unspecified atom stereocenters. The first-order chi connectivity index (χ1) is 8.63. The minimum atomic E-state index is -0.115. The zero-order valence-corrected chi connectivity index (χ0v) is 10.6. The molecule has 5 heteroatoms. The normalized spacial score (nSPS) is 9.94. The first kappa shape index (κ1) is 14.1. The molecule has 0 atom stereocenters. The number of carbonyl (C=O) groups is 1. The van der Waals surface area contributed by atoms with Gasteiger partial charge in [-0.2, -0.15) is 4.99 Å². The number of aliphatic imine (C=N–C) groups is 1. The predicted octanol–water partition coefficient (Wildman–Crippen LogP) is 1.34. The molecule has 5 nitrogen and oxygen atoms in total.